The summed E-state index contributed by atoms with van der Waals surface area (Å²) in [6, 6.07) is 9.46. The van der Waals surface area contributed by atoms with Crippen LogP contribution in [0.15, 0.2) is 67.9 Å². The van der Waals surface area contributed by atoms with Crippen molar-refractivity contribution in [1.82, 2.24) is 49.4 Å². The number of halogens is 1. The predicted octanol–water partition coefficient (Wildman–Crippen LogP) is 5.51. The first-order valence-corrected chi connectivity index (χ1v) is 17.6. The van der Waals surface area contributed by atoms with Crippen molar-refractivity contribution >= 4 is 23.2 Å². The van der Waals surface area contributed by atoms with Gasteiger partial charge in [-0.3, -0.25) is 9.58 Å². The van der Waals surface area contributed by atoms with E-state index in [0.717, 1.165) is 50.0 Å². The lowest BCUT2D eigenvalue weighted by Gasteiger charge is -2.43. The van der Waals surface area contributed by atoms with Crippen molar-refractivity contribution in [2.45, 2.75) is 88.9 Å². The summed E-state index contributed by atoms with van der Waals surface area (Å²) in [5, 5.41) is 12.9. The molecule has 4 aromatic heterocycles. The van der Waals surface area contributed by atoms with Crippen LogP contribution >= 0.6 is 11.6 Å². The summed E-state index contributed by atoms with van der Waals surface area (Å²) in [6.07, 6.45) is 18.9. The van der Waals surface area contributed by atoms with Gasteiger partial charge in [-0.15, -0.1) is 5.10 Å². The maximum atomic E-state index is 6.48. The van der Waals surface area contributed by atoms with E-state index in [4.69, 9.17) is 30.9 Å². The first kappa shape index (κ1) is 32.5. The number of rotatable bonds is 12. The van der Waals surface area contributed by atoms with E-state index in [2.05, 4.69) is 40.2 Å². The van der Waals surface area contributed by atoms with E-state index >= 15 is 0 Å². The molecule has 2 bridgehead atoms. The molecular weight excluding hydrogens is 658 g/mol. The Morgan fingerprint density at radius 3 is 2.42 bits per heavy atom. The highest BCUT2D eigenvalue weighted by molar-refractivity contribution is 6.32. The molecule has 0 radical (unpaired) electrons. The molecule has 2 saturated heterocycles. The van der Waals surface area contributed by atoms with Crippen LogP contribution in [0.25, 0.3) is 11.1 Å². The monoisotopic (exact) mass is 697 g/mol. The molecule has 5 aromatic rings. The standard InChI is InChI=1S/C35H40ClN11O3/c1-23(16-45-22-37-21-42-45)50-32-13-24(3-10-30(32)36)25-14-40-35(41-15-25)43-31-17-46(44-34(31)49-20-33-38-11-2-12-39-33)26-4-6-27(7-5-26)47-28-8-9-29(47)19-48-18-28/h2-3,10-15,17,21-23,26-29H,4-9,16,18-20H2,1H3,(H,40,41,43)/t23-,26?,27?,28-,29+/m0/s1. The fourth-order valence-electron chi connectivity index (χ4n) is 7.45. The van der Waals surface area contributed by atoms with Gasteiger partial charge >= 0.3 is 0 Å². The predicted molar refractivity (Wildman–Crippen MR) is 185 cm³/mol. The average Bonchev–Trinajstić information content (AvgIpc) is 3.87. The molecule has 1 saturated carbocycles. The second kappa shape index (κ2) is 14.7. The minimum Gasteiger partial charge on any atom is -0.487 e. The van der Waals surface area contributed by atoms with Crippen molar-refractivity contribution in [3.05, 3.63) is 78.8 Å². The van der Waals surface area contributed by atoms with Crippen LogP contribution in [0.4, 0.5) is 11.6 Å². The lowest BCUT2D eigenvalue weighted by molar-refractivity contribution is -0.0458. The Bertz CT molecular complexity index is 1830. The molecule has 8 rings (SSSR count). The summed E-state index contributed by atoms with van der Waals surface area (Å²) in [4.78, 5) is 24.6. The van der Waals surface area contributed by atoms with E-state index in [1.165, 1.54) is 19.2 Å². The van der Waals surface area contributed by atoms with Crippen molar-refractivity contribution in [1.29, 1.82) is 0 Å². The molecule has 50 heavy (non-hydrogen) atoms. The Hall–Kier alpha value is -4.66. The van der Waals surface area contributed by atoms with Crippen molar-refractivity contribution < 1.29 is 14.2 Å². The van der Waals surface area contributed by atoms with Crippen LogP contribution in [0, 0.1) is 0 Å². The zero-order valence-electron chi connectivity index (χ0n) is 27.9. The molecule has 260 valence electrons. The highest BCUT2D eigenvalue weighted by Gasteiger charge is 2.42. The van der Waals surface area contributed by atoms with Crippen LogP contribution in [0.3, 0.4) is 0 Å². The minimum atomic E-state index is -0.173. The molecule has 6 heterocycles. The Labute approximate surface area is 295 Å². The van der Waals surface area contributed by atoms with Crippen molar-refractivity contribution in [3.63, 3.8) is 0 Å². The Kier molecular flexibility index (Phi) is 9.55. The van der Waals surface area contributed by atoms with Crippen molar-refractivity contribution in [2.75, 3.05) is 18.5 Å². The molecule has 2 aliphatic heterocycles. The van der Waals surface area contributed by atoms with Gasteiger partial charge in [0.05, 0.1) is 37.0 Å². The summed E-state index contributed by atoms with van der Waals surface area (Å²) in [6.45, 7) is 4.44. The van der Waals surface area contributed by atoms with Gasteiger partial charge in [-0.25, -0.2) is 29.6 Å². The van der Waals surface area contributed by atoms with E-state index < -0.39 is 0 Å². The third kappa shape index (κ3) is 7.28. The molecule has 1 aliphatic carbocycles. The van der Waals surface area contributed by atoms with Gasteiger partial charge in [-0.05, 0) is 69.2 Å². The number of hydrogen-bond donors (Lipinski definition) is 1. The van der Waals surface area contributed by atoms with E-state index in [9.17, 15) is 0 Å². The van der Waals surface area contributed by atoms with Gasteiger partial charge in [0.2, 0.25) is 5.95 Å². The van der Waals surface area contributed by atoms with Crippen LogP contribution in [-0.2, 0) is 17.9 Å². The topological polar surface area (TPSA) is 143 Å². The fraction of sp³-hybridized carbons (Fsp3) is 0.457. The molecule has 3 aliphatic rings. The Morgan fingerprint density at radius 2 is 1.68 bits per heavy atom. The summed E-state index contributed by atoms with van der Waals surface area (Å²) >= 11 is 6.48. The quantitative estimate of drug-likeness (QED) is 0.176. The number of anilines is 2. The minimum absolute atomic E-state index is 0.173. The van der Waals surface area contributed by atoms with Gasteiger partial charge in [-0.1, -0.05) is 17.7 Å². The SMILES string of the molecule is C[C@@H](Cn1cncn1)Oc1cc(-c2cnc(Nc3cn(C4CCC(N5[C@@H]6CC[C@H]5COC6)CC4)nc3OCc3ncccn3)nc2)ccc1Cl. The number of morpholine rings is 1. The Balaban J connectivity index is 0.958. The molecule has 1 aromatic carbocycles. The smallest absolute Gasteiger partial charge is 0.257 e. The van der Waals surface area contributed by atoms with E-state index in [1.54, 1.807) is 41.9 Å². The number of ether oxygens (including phenoxy) is 3. The van der Waals surface area contributed by atoms with Crippen LogP contribution in [0.2, 0.25) is 5.02 Å². The Morgan fingerprint density at radius 1 is 0.940 bits per heavy atom. The number of benzene rings is 1. The summed E-state index contributed by atoms with van der Waals surface area (Å²) in [7, 11) is 0. The third-order valence-corrected chi connectivity index (χ3v) is 10.1. The first-order chi connectivity index (χ1) is 24.6. The molecule has 0 spiro atoms. The highest BCUT2D eigenvalue weighted by Crippen LogP contribution is 2.40. The van der Waals surface area contributed by atoms with Crippen molar-refractivity contribution in [2.24, 2.45) is 0 Å². The molecule has 0 unspecified atom stereocenters. The zero-order valence-corrected chi connectivity index (χ0v) is 28.6. The molecule has 1 N–H and O–H groups in total. The zero-order chi connectivity index (χ0) is 33.9. The number of fused-ring (bicyclic) bond motifs is 2. The maximum Gasteiger partial charge on any atom is 0.257 e. The summed E-state index contributed by atoms with van der Waals surface area (Å²) in [5.41, 5.74) is 2.38. The molecular formula is C35H40ClN11O3. The largest absolute Gasteiger partial charge is 0.487 e. The number of aromatic nitrogens is 9. The average molecular weight is 698 g/mol. The van der Waals surface area contributed by atoms with Crippen molar-refractivity contribution in [3.8, 4) is 22.8 Å². The third-order valence-electron chi connectivity index (χ3n) is 9.82. The highest BCUT2D eigenvalue weighted by atomic mass is 35.5. The summed E-state index contributed by atoms with van der Waals surface area (Å²) in [5.74, 6) is 2.03. The lowest BCUT2D eigenvalue weighted by atomic mass is 9.89. The molecule has 3 fully saturated rings. The van der Waals surface area contributed by atoms with Crippen LogP contribution in [0.1, 0.15) is 57.3 Å². The van der Waals surface area contributed by atoms with Gasteiger partial charge in [-0.2, -0.15) is 5.10 Å². The van der Waals surface area contributed by atoms with Crippen LogP contribution in [-0.4, -0.2) is 86.8 Å². The van der Waals surface area contributed by atoms with Gasteiger partial charge in [0.25, 0.3) is 5.88 Å². The van der Waals surface area contributed by atoms with Crippen LogP contribution in [0.5, 0.6) is 11.6 Å². The van der Waals surface area contributed by atoms with Gasteiger partial charge < -0.3 is 19.5 Å². The molecule has 14 nitrogen and oxygen atoms in total. The number of nitrogens with one attached hydrogen (secondary N) is 1. The van der Waals surface area contributed by atoms with E-state index in [1.807, 2.05) is 36.0 Å². The second-order valence-electron chi connectivity index (χ2n) is 13.2. The summed E-state index contributed by atoms with van der Waals surface area (Å²) < 4.78 is 21.9. The van der Waals surface area contributed by atoms with E-state index in [0.29, 0.717) is 58.8 Å². The fourth-order valence-corrected chi connectivity index (χ4v) is 7.61. The first-order valence-electron chi connectivity index (χ1n) is 17.3. The number of hydrogen-bond acceptors (Lipinski definition) is 12. The normalized spacial score (nSPS) is 22.7. The van der Waals surface area contributed by atoms with Crippen LogP contribution < -0.4 is 14.8 Å². The van der Waals surface area contributed by atoms with Gasteiger partial charge in [0, 0.05) is 48.5 Å². The molecule has 0 amide bonds. The lowest BCUT2D eigenvalue weighted by Crippen LogP contribution is -2.52. The molecule has 15 heteroatoms. The molecule has 3 atom stereocenters. The maximum absolute atomic E-state index is 6.48. The van der Waals surface area contributed by atoms with E-state index in [-0.39, 0.29) is 18.8 Å². The van der Waals surface area contributed by atoms with Gasteiger partial charge in [0.1, 0.15) is 36.8 Å². The van der Waals surface area contributed by atoms with Gasteiger partial charge in [0.15, 0.2) is 5.82 Å². The number of nitrogens with zero attached hydrogens (tertiary/aromatic N) is 10. The second-order valence-corrected chi connectivity index (χ2v) is 13.6.